The molecule has 2 saturated carbocycles. The summed E-state index contributed by atoms with van der Waals surface area (Å²) >= 11 is 0. The topological polar surface area (TPSA) is 123 Å². The fraction of sp³-hybridized carbons (Fsp3) is 0.778. The van der Waals surface area contributed by atoms with Crippen molar-refractivity contribution in [3.63, 3.8) is 0 Å². The average Bonchev–Trinajstić information content (AvgIpc) is 3.51. The lowest BCUT2D eigenvalue weighted by Gasteiger charge is -2.34. The van der Waals surface area contributed by atoms with E-state index in [9.17, 15) is 23.2 Å². The molecule has 0 bridgehead atoms. The lowest BCUT2D eigenvalue weighted by molar-refractivity contribution is -0.139. The molecule has 28 heavy (non-hydrogen) atoms. The number of urea groups is 1. The average molecular weight is 398 g/mol. The minimum Gasteiger partial charge on any atom is -0.481 e. The molecule has 1 heterocycles. The summed E-state index contributed by atoms with van der Waals surface area (Å²) in [5.41, 5.74) is -1.28. The van der Waals surface area contributed by atoms with Crippen molar-refractivity contribution in [1.29, 1.82) is 5.26 Å². The Balaban J connectivity index is 1.58. The molecule has 2 aliphatic carbocycles. The van der Waals surface area contributed by atoms with Crippen LogP contribution in [-0.2, 0) is 9.59 Å². The fourth-order valence-electron chi connectivity index (χ4n) is 3.93. The number of nitrogens with one attached hydrogen (secondary N) is 2. The molecule has 1 aliphatic heterocycles. The number of nitriles is 1. The predicted octanol–water partition coefficient (Wildman–Crippen LogP) is 1.47. The number of nitrogens with zero attached hydrogens (tertiary/aromatic N) is 2. The van der Waals surface area contributed by atoms with Crippen molar-refractivity contribution in [3.05, 3.63) is 0 Å². The first-order valence-electron chi connectivity index (χ1n) is 9.39. The van der Waals surface area contributed by atoms with Gasteiger partial charge in [-0.2, -0.15) is 5.26 Å². The van der Waals surface area contributed by atoms with Gasteiger partial charge in [0.15, 0.2) is 0 Å². The van der Waals surface area contributed by atoms with Crippen molar-refractivity contribution in [1.82, 2.24) is 15.5 Å². The summed E-state index contributed by atoms with van der Waals surface area (Å²) in [6, 6.07) is -0.131. The number of carboxylic acids is 1. The fourth-order valence-corrected chi connectivity index (χ4v) is 3.93. The molecule has 3 rings (SSSR count). The molecule has 154 valence electrons. The molecular weight excluding hydrogens is 374 g/mol. The SMILES string of the molecule is CC(F)(F)C[C@H](NC(=O)N1CCC2(CC1)CC2C(=O)O)C(=O)NC1(C#N)CC1. The Hall–Kier alpha value is -2.44. The predicted molar refractivity (Wildman–Crippen MR) is 92.3 cm³/mol. The maximum Gasteiger partial charge on any atom is 0.318 e. The second-order valence-corrected chi connectivity index (χ2v) is 8.40. The van der Waals surface area contributed by atoms with Gasteiger partial charge in [0.1, 0.15) is 11.6 Å². The second-order valence-electron chi connectivity index (χ2n) is 8.40. The van der Waals surface area contributed by atoms with E-state index in [1.807, 2.05) is 6.07 Å². The molecule has 3 amide bonds. The summed E-state index contributed by atoms with van der Waals surface area (Å²) in [7, 11) is 0. The van der Waals surface area contributed by atoms with Gasteiger partial charge in [-0.3, -0.25) is 9.59 Å². The van der Waals surface area contributed by atoms with Gasteiger partial charge in [-0.15, -0.1) is 0 Å². The minimum atomic E-state index is -3.17. The Morgan fingerprint density at radius 3 is 2.32 bits per heavy atom. The van der Waals surface area contributed by atoms with Gasteiger partial charge >= 0.3 is 12.0 Å². The Bertz CT molecular complexity index is 718. The Labute approximate surface area is 161 Å². The van der Waals surface area contributed by atoms with Gasteiger partial charge in [-0.05, 0) is 44.4 Å². The first kappa shape index (κ1) is 20.3. The summed E-state index contributed by atoms with van der Waals surface area (Å²) in [6.45, 7) is 1.30. The lowest BCUT2D eigenvalue weighted by Crippen LogP contribution is -2.55. The van der Waals surface area contributed by atoms with Gasteiger partial charge in [-0.25, -0.2) is 13.6 Å². The number of rotatable bonds is 6. The molecule has 2 atom stereocenters. The summed E-state index contributed by atoms with van der Waals surface area (Å²) in [5.74, 6) is -5.18. The summed E-state index contributed by atoms with van der Waals surface area (Å²) in [6.07, 6.45) is 1.71. The minimum absolute atomic E-state index is 0.263. The van der Waals surface area contributed by atoms with Crippen LogP contribution >= 0.6 is 0 Å². The summed E-state index contributed by atoms with van der Waals surface area (Å²) in [4.78, 5) is 37.4. The van der Waals surface area contributed by atoms with Crippen LogP contribution in [0, 0.1) is 22.7 Å². The van der Waals surface area contributed by atoms with E-state index >= 15 is 0 Å². The van der Waals surface area contributed by atoms with Crippen molar-refractivity contribution in [3.8, 4) is 6.07 Å². The molecule has 3 aliphatic rings. The number of piperidine rings is 1. The molecule has 0 aromatic heterocycles. The van der Waals surface area contributed by atoms with Crippen molar-refractivity contribution >= 4 is 17.9 Å². The molecule has 3 fully saturated rings. The van der Waals surface area contributed by atoms with Crippen LogP contribution < -0.4 is 10.6 Å². The highest BCUT2D eigenvalue weighted by molar-refractivity contribution is 5.88. The molecule has 8 nitrogen and oxygen atoms in total. The first-order chi connectivity index (χ1) is 13.0. The van der Waals surface area contributed by atoms with Gasteiger partial charge in [0.25, 0.3) is 0 Å². The maximum absolute atomic E-state index is 13.5. The Kier molecular flexibility index (Phi) is 4.98. The monoisotopic (exact) mass is 398 g/mol. The highest BCUT2D eigenvalue weighted by Gasteiger charge is 2.59. The van der Waals surface area contributed by atoms with Crippen molar-refractivity contribution in [2.24, 2.45) is 11.3 Å². The number of halogens is 2. The van der Waals surface area contributed by atoms with Gasteiger partial charge < -0.3 is 20.6 Å². The number of likely N-dealkylation sites (tertiary alicyclic amines) is 1. The number of alkyl halides is 2. The number of carbonyl (C=O) groups excluding carboxylic acids is 2. The van der Waals surface area contributed by atoms with Crippen LogP contribution in [0.5, 0.6) is 0 Å². The van der Waals surface area contributed by atoms with E-state index in [0.29, 0.717) is 52.1 Å². The van der Waals surface area contributed by atoms with E-state index in [1.165, 1.54) is 4.90 Å². The number of hydrogen-bond acceptors (Lipinski definition) is 4. The summed E-state index contributed by atoms with van der Waals surface area (Å²) < 4.78 is 27.0. The highest BCUT2D eigenvalue weighted by atomic mass is 19.3. The number of carboxylic acid groups (broad SMARTS) is 1. The van der Waals surface area contributed by atoms with Crippen LogP contribution in [0.1, 0.15) is 45.4 Å². The molecule has 1 unspecified atom stereocenters. The van der Waals surface area contributed by atoms with Gasteiger partial charge in [0.2, 0.25) is 11.8 Å². The zero-order valence-electron chi connectivity index (χ0n) is 15.6. The number of amides is 3. The number of aliphatic carboxylic acids is 1. The maximum atomic E-state index is 13.5. The second kappa shape index (κ2) is 6.87. The molecule has 1 spiro atoms. The molecule has 0 aromatic carbocycles. The zero-order valence-corrected chi connectivity index (χ0v) is 15.6. The Morgan fingerprint density at radius 2 is 1.89 bits per heavy atom. The summed E-state index contributed by atoms with van der Waals surface area (Å²) in [5, 5.41) is 23.0. The highest BCUT2D eigenvalue weighted by Crippen LogP contribution is 2.59. The zero-order chi connectivity index (χ0) is 20.7. The lowest BCUT2D eigenvalue weighted by atomic mass is 9.91. The smallest absolute Gasteiger partial charge is 0.318 e. The van der Waals surface area contributed by atoms with Crippen LogP contribution in [0.3, 0.4) is 0 Å². The molecular formula is C18H24F2N4O4. The molecule has 1 saturated heterocycles. The van der Waals surface area contributed by atoms with E-state index in [-0.39, 0.29) is 11.3 Å². The number of carbonyl (C=O) groups is 3. The van der Waals surface area contributed by atoms with E-state index in [1.54, 1.807) is 0 Å². The Morgan fingerprint density at radius 1 is 1.29 bits per heavy atom. The van der Waals surface area contributed by atoms with Gasteiger partial charge in [0, 0.05) is 19.5 Å². The molecule has 10 heteroatoms. The van der Waals surface area contributed by atoms with Crippen molar-refractivity contribution < 1.29 is 28.3 Å². The van der Waals surface area contributed by atoms with Crippen LogP contribution in [0.15, 0.2) is 0 Å². The van der Waals surface area contributed by atoms with E-state index in [4.69, 9.17) is 10.4 Å². The molecule has 3 N–H and O–H groups in total. The van der Waals surface area contributed by atoms with Crippen LogP contribution in [-0.4, -0.2) is 58.5 Å². The van der Waals surface area contributed by atoms with E-state index in [2.05, 4.69) is 10.6 Å². The van der Waals surface area contributed by atoms with Crippen molar-refractivity contribution in [2.45, 2.75) is 63.0 Å². The van der Waals surface area contributed by atoms with Crippen LogP contribution in [0.2, 0.25) is 0 Å². The molecule has 0 aromatic rings. The number of hydrogen-bond donors (Lipinski definition) is 3. The largest absolute Gasteiger partial charge is 0.481 e. The first-order valence-corrected chi connectivity index (χ1v) is 9.39. The van der Waals surface area contributed by atoms with Crippen LogP contribution in [0.4, 0.5) is 13.6 Å². The van der Waals surface area contributed by atoms with Crippen molar-refractivity contribution in [2.75, 3.05) is 13.1 Å². The van der Waals surface area contributed by atoms with Gasteiger partial charge in [0.05, 0.1) is 12.0 Å². The van der Waals surface area contributed by atoms with E-state index < -0.39 is 41.8 Å². The molecule has 0 radical (unpaired) electrons. The quantitative estimate of drug-likeness (QED) is 0.625. The normalized spacial score (nSPS) is 25.4. The van der Waals surface area contributed by atoms with Gasteiger partial charge in [-0.1, -0.05) is 0 Å². The van der Waals surface area contributed by atoms with E-state index in [0.717, 1.165) is 0 Å². The van der Waals surface area contributed by atoms with Crippen LogP contribution in [0.25, 0.3) is 0 Å². The third kappa shape index (κ3) is 4.34. The third-order valence-electron chi connectivity index (χ3n) is 6.04. The third-order valence-corrected chi connectivity index (χ3v) is 6.04. The standard InChI is InChI=1S/C18H24F2N4O4/c1-16(19,20)9-12(13(25)23-18(10-21)2-3-18)22-15(28)24-6-4-17(5-7-24)8-11(17)14(26)27/h11-12H,2-9H2,1H3,(H,22,28)(H,23,25)(H,26,27)/t11?,12-/m0/s1.